The van der Waals surface area contributed by atoms with Crippen molar-refractivity contribution in [2.24, 2.45) is 4.99 Å². The molecule has 0 aliphatic heterocycles. The summed E-state index contributed by atoms with van der Waals surface area (Å²) in [7, 11) is -2.09. The van der Waals surface area contributed by atoms with E-state index in [1.165, 1.54) is 31.3 Å². The molecule has 1 atom stereocenters. The monoisotopic (exact) mass is 436 g/mol. The average molecular weight is 437 g/mol. The Bertz CT molecular complexity index is 919. The van der Waals surface area contributed by atoms with Crippen LogP contribution in [0.5, 0.6) is 0 Å². The van der Waals surface area contributed by atoms with Gasteiger partial charge in [0.05, 0.1) is 10.4 Å². The first-order valence-electron chi connectivity index (χ1n) is 7.90. The van der Waals surface area contributed by atoms with Crippen LogP contribution in [0.25, 0.3) is 0 Å². The lowest BCUT2D eigenvalue weighted by Gasteiger charge is -2.19. The Hall–Kier alpha value is -1.75. The fraction of sp³-hybridized carbons (Fsp3) is 0.312. The maximum atomic E-state index is 13.8. The zero-order valence-corrected chi connectivity index (χ0v) is 17.0. The number of rotatable bonds is 7. The largest absolute Gasteiger partial charge is 0.355 e. The fourth-order valence-electron chi connectivity index (χ4n) is 2.21. The molecule has 2 rings (SSSR count). The molecular formula is C16H19ClF2N4O2S2. The van der Waals surface area contributed by atoms with Gasteiger partial charge in [0.2, 0.25) is 10.0 Å². The van der Waals surface area contributed by atoms with Crippen molar-refractivity contribution in [3.8, 4) is 0 Å². The number of benzene rings is 1. The molecule has 0 fully saturated rings. The number of thiophene rings is 1. The molecule has 1 unspecified atom stereocenters. The molecule has 3 N–H and O–H groups in total. The number of hydrogen-bond acceptors (Lipinski definition) is 4. The lowest BCUT2D eigenvalue weighted by Crippen LogP contribution is -2.42. The summed E-state index contributed by atoms with van der Waals surface area (Å²) >= 11 is 6.72. The zero-order valence-electron chi connectivity index (χ0n) is 14.6. The topological polar surface area (TPSA) is 82.6 Å². The Morgan fingerprint density at radius 1 is 1.26 bits per heavy atom. The molecule has 0 amide bonds. The van der Waals surface area contributed by atoms with E-state index in [9.17, 15) is 17.2 Å². The van der Waals surface area contributed by atoms with Crippen LogP contribution in [0, 0.1) is 11.6 Å². The van der Waals surface area contributed by atoms with Crippen molar-refractivity contribution in [1.82, 2.24) is 15.4 Å². The first-order valence-corrected chi connectivity index (χ1v) is 10.6. The quantitative estimate of drug-likeness (QED) is 0.354. The highest BCUT2D eigenvalue weighted by Crippen LogP contribution is 2.25. The van der Waals surface area contributed by atoms with Crippen LogP contribution in [-0.2, 0) is 10.0 Å². The van der Waals surface area contributed by atoms with E-state index in [0.717, 1.165) is 17.4 Å². The number of hydrogen-bond donors (Lipinski definition) is 3. The number of sulfonamides is 1. The van der Waals surface area contributed by atoms with Crippen molar-refractivity contribution >= 4 is 38.9 Å². The van der Waals surface area contributed by atoms with Crippen molar-refractivity contribution in [3.05, 3.63) is 51.9 Å². The SMILES string of the molecule is CN=C(NCCNS(=O)(=O)c1ccc(Cl)s1)NC(C)c1ccc(F)cc1F. The average Bonchev–Trinajstić information content (AvgIpc) is 3.04. The summed E-state index contributed by atoms with van der Waals surface area (Å²) in [6, 6.07) is 5.83. The number of nitrogens with one attached hydrogen (secondary N) is 3. The fourth-order valence-corrected chi connectivity index (χ4v) is 4.77. The Labute approximate surface area is 165 Å². The van der Waals surface area contributed by atoms with Crippen LogP contribution < -0.4 is 15.4 Å². The summed E-state index contributed by atoms with van der Waals surface area (Å²) in [4.78, 5) is 4.00. The van der Waals surface area contributed by atoms with Crippen molar-refractivity contribution in [3.63, 3.8) is 0 Å². The molecule has 0 bridgehead atoms. The molecule has 148 valence electrons. The van der Waals surface area contributed by atoms with E-state index in [1.807, 2.05) is 0 Å². The van der Waals surface area contributed by atoms with Gasteiger partial charge < -0.3 is 10.6 Å². The molecule has 0 spiro atoms. The van der Waals surface area contributed by atoms with Crippen molar-refractivity contribution in [2.45, 2.75) is 17.2 Å². The molecule has 2 aromatic rings. The summed E-state index contributed by atoms with van der Waals surface area (Å²) in [6.45, 7) is 2.06. The van der Waals surface area contributed by atoms with Crippen LogP contribution in [0.1, 0.15) is 18.5 Å². The maximum Gasteiger partial charge on any atom is 0.250 e. The van der Waals surface area contributed by atoms with Crippen LogP contribution >= 0.6 is 22.9 Å². The van der Waals surface area contributed by atoms with Crippen LogP contribution in [0.4, 0.5) is 8.78 Å². The standard InChI is InChI=1S/C16H19ClF2N4O2S2/c1-10(12-4-3-11(18)9-13(12)19)23-16(20-2)21-7-8-22-27(24,25)15-6-5-14(17)26-15/h3-6,9-10,22H,7-8H2,1-2H3,(H2,20,21,23). The second kappa shape index (κ2) is 9.45. The molecule has 0 aliphatic rings. The molecule has 1 aromatic carbocycles. The summed E-state index contributed by atoms with van der Waals surface area (Å²) in [6.07, 6.45) is 0. The van der Waals surface area contributed by atoms with Gasteiger partial charge in [0.1, 0.15) is 15.8 Å². The number of nitrogens with zero attached hydrogens (tertiary/aromatic N) is 1. The van der Waals surface area contributed by atoms with Crippen LogP contribution in [0.3, 0.4) is 0 Å². The maximum absolute atomic E-state index is 13.8. The van der Waals surface area contributed by atoms with E-state index in [-0.39, 0.29) is 22.9 Å². The minimum atomic E-state index is -3.62. The highest BCUT2D eigenvalue weighted by atomic mass is 35.5. The van der Waals surface area contributed by atoms with Gasteiger partial charge in [-0.3, -0.25) is 4.99 Å². The van der Waals surface area contributed by atoms with Crippen LogP contribution in [0.15, 0.2) is 39.5 Å². The van der Waals surface area contributed by atoms with Crippen LogP contribution in [-0.4, -0.2) is 34.5 Å². The Morgan fingerprint density at radius 2 is 2.00 bits per heavy atom. The smallest absolute Gasteiger partial charge is 0.250 e. The molecule has 0 aliphatic carbocycles. The number of aliphatic imine (C=N–C) groups is 1. The second-order valence-electron chi connectivity index (χ2n) is 5.49. The molecule has 0 radical (unpaired) electrons. The molecular weight excluding hydrogens is 418 g/mol. The van der Waals surface area contributed by atoms with Gasteiger partial charge in [-0.25, -0.2) is 21.9 Å². The highest BCUT2D eigenvalue weighted by Gasteiger charge is 2.16. The van der Waals surface area contributed by atoms with E-state index < -0.39 is 27.7 Å². The van der Waals surface area contributed by atoms with Gasteiger partial charge in [-0.05, 0) is 25.1 Å². The minimum absolute atomic E-state index is 0.109. The first kappa shape index (κ1) is 21.5. The Kier molecular flexibility index (Phi) is 7.54. The van der Waals surface area contributed by atoms with Gasteiger partial charge in [0.15, 0.2) is 5.96 Å². The van der Waals surface area contributed by atoms with Crippen molar-refractivity contribution in [2.75, 3.05) is 20.1 Å². The predicted octanol–water partition coefficient (Wildman–Crippen LogP) is 2.88. The number of halogens is 3. The van der Waals surface area contributed by atoms with Gasteiger partial charge in [-0.15, -0.1) is 11.3 Å². The van der Waals surface area contributed by atoms with Crippen LogP contribution in [0.2, 0.25) is 4.34 Å². The molecule has 27 heavy (non-hydrogen) atoms. The third-order valence-corrected chi connectivity index (χ3v) is 6.71. The molecule has 1 aromatic heterocycles. The molecule has 0 saturated heterocycles. The number of guanidine groups is 1. The summed E-state index contributed by atoms with van der Waals surface area (Å²) in [5.74, 6) is -0.956. The first-order chi connectivity index (χ1) is 12.7. The van der Waals surface area contributed by atoms with E-state index in [1.54, 1.807) is 6.92 Å². The normalized spacial score (nSPS) is 13.4. The van der Waals surface area contributed by atoms with Gasteiger partial charge in [-0.1, -0.05) is 17.7 Å². The second-order valence-corrected chi connectivity index (χ2v) is 9.20. The van der Waals surface area contributed by atoms with E-state index >= 15 is 0 Å². The van der Waals surface area contributed by atoms with E-state index in [4.69, 9.17) is 11.6 Å². The highest BCUT2D eigenvalue weighted by molar-refractivity contribution is 7.91. The van der Waals surface area contributed by atoms with E-state index in [0.29, 0.717) is 10.3 Å². The third-order valence-electron chi connectivity index (χ3n) is 3.53. The Balaban J connectivity index is 1.85. The lowest BCUT2D eigenvalue weighted by atomic mass is 10.1. The van der Waals surface area contributed by atoms with Gasteiger partial charge in [0, 0.05) is 31.8 Å². The molecule has 6 nitrogen and oxygen atoms in total. The summed E-state index contributed by atoms with van der Waals surface area (Å²) in [5, 5.41) is 5.88. The van der Waals surface area contributed by atoms with Gasteiger partial charge in [0.25, 0.3) is 0 Å². The Morgan fingerprint density at radius 3 is 2.59 bits per heavy atom. The third kappa shape index (κ3) is 6.13. The van der Waals surface area contributed by atoms with Gasteiger partial charge >= 0.3 is 0 Å². The molecule has 0 saturated carbocycles. The molecule has 11 heteroatoms. The van der Waals surface area contributed by atoms with E-state index in [2.05, 4.69) is 20.3 Å². The molecule has 1 heterocycles. The summed E-state index contributed by atoms with van der Waals surface area (Å²) in [5.41, 5.74) is 0.287. The van der Waals surface area contributed by atoms with Crippen molar-refractivity contribution in [1.29, 1.82) is 0 Å². The van der Waals surface area contributed by atoms with Crippen molar-refractivity contribution < 1.29 is 17.2 Å². The predicted molar refractivity (Wildman–Crippen MR) is 104 cm³/mol. The lowest BCUT2D eigenvalue weighted by molar-refractivity contribution is 0.550. The summed E-state index contributed by atoms with van der Waals surface area (Å²) < 4.78 is 54.0. The zero-order chi connectivity index (χ0) is 20.0. The minimum Gasteiger partial charge on any atom is -0.355 e. The van der Waals surface area contributed by atoms with Gasteiger partial charge in [-0.2, -0.15) is 0 Å².